The normalized spacial score (nSPS) is 32.0. The quantitative estimate of drug-likeness (QED) is 0.549. The summed E-state index contributed by atoms with van der Waals surface area (Å²) in [6.07, 6.45) is 3.10. The zero-order valence-corrected chi connectivity index (χ0v) is 12.8. The molecule has 1 aliphatic rings. The Morgan fingerprint density at radius 1 is 1.50 bits per heavy atom. The van der Waals surface area contributed by atoms with Crippen LogP contribution >= 0.6 is 0 Å². The fraction of sp³-hybridized carbons (Fsp3) is 0.812. The van der Waals surface area contributed by atoms with Gasteiger partial charge in [0.1, 0.15) is 5.60 Å². The molecule has 3 unspecified atom stereocenters. The molecule has 1 fully saturated rings. The number of hydrogen-bond acceptors (Lipinski definition) is 2. The zero-order valence-electron chi connectivity index (χ0n) is 12.8. The van der Waals surface area contributed by atoms with E-state index in [2.05, 4.69) is 41.2 Å². The molecular weight excluding hydrogens is 224 g/mol. The molecule has 0 aromatic rings. The number of carbonyl (C=O) groups is 1. The van der Waals surface area contributed by atoms with Crippen molar-refractivity contribution in [1.29, 1.82) is 0 Å². The second-order valence-electron chi connectivity index (χ2n) is 6.88. The molecule has 1 rings (SSSR count). The zero-order chi connectivity index (χ0) is 14.1. The van der Waals surface area contributed by atoms with Crippen LogP contribution in [0.25, 0.3) is 0 Å². The highest BCUT2D eigenvalue weighted by Gasteiger charge is 2.53. The van der Waals surface area contributed by atoms with Crippen LogP contribution in [0.15, 0.2) is 12.2 Å². The van der Waals surface area contributed by atoms with E-state index in [1.165, 1.54) is 0 Å². The van der Waals surface area contributed by atoms with Crippen molar-refractivity contribution in [3.63, 3.8) is 0 Å². The molecule has 0 aliphatic heterocycles. The van der Waals surface area contributed by atoms with Crippen molar-refractivity contribution in [2.45, 2.75) is 66.4 Å². The Bertz CT molecular complexity index is 343. The molecule has 18 heavy (non-hydrogen) atoms. The summed E-state index contributed by atoms with van der Waals surface area (Å²) in [5, 5.41) is 0. The Morgan fingerprint density at radius 3 is 2.39 bits per heavy atom. The van der Waals surface area contributed by atoms with E-state index in [9.17, 15) is 4.79 Å². The van der Waals surface area contributed by atoms with E-state index in [1.807, 2.05) is 0 Å². The molecule has 0 aromatic carbocycles. The van der Waals surface area contributed by atoms with Gasteiger partial charge in [-0.3, -0.25) is 0 Å². The first-order valence-corrected chi connectivity index (χ1v) is 7.03. The summed E-state index contributed by atoms with van der Waals surface area (Å²) in [6, 6.07) is 0. The van der Waals surface area contributed by atoms with Crippen LogP contribution in [0.2, 0.25) is 0 Å². The van der Waals surface area contributed by atoms with Gasteiger partial charge < -0.3 is 4.74 Å². The Morgan fingerprint density at radius 2 is 2.06 bits per heavy atom. The highest BCUT2D eigenvalue weighted by molar-refractivity contribution is 5.87. The Labute approximate surface area is 112 Å². The van der Waals surface area contributed by atoms with Crippen molar-refractivity contribution in [1.82, 2.24) is 0 Å². The van der Waals surface area contributed by atoms with Crippen molar-refractivity contribution in [2.75, 3.05) is 0 Å². The van der Waals surface area contributed by atoms with Crippen LogP contribution in [0.1, 0.15) is 60.8 Å². The van der Waals surface area contributed by atoms with Gasteiger partial charge in [0, 0.05) is 5.57 Å². The summed E-state index contributed by atoms with van der Waals surface area (Å²) in [7, 11) is 0. The van der Waals surface area contributed by atoms with Gasteiger partial charge in [0.25, 0.3) is 0 Å². The first kappa shape index (κ1) is 15.3. The SMILES string of the molecule is C=C(C)C(=O)OC1(C(C)CC)CC(C)(C)CC1C. The van der Waals surface area contributed by atoms with E-state index in [0.717, 1.165) is 19.3 Å². The third kappa shape index (κ3) is 2.78. The van der Waals surface area contributed by atoms with Gasteiger partial charge in [-0.05, 0) is 43.4 Å². The van der Waals surface area contributed by atoms with Gasteiger partial charge >= 0.3 is 5.97 Å². The topological polar surface area (TPSA) is 26.3 Å². The minimum Gasteiger partial charge on any atom is -0.455 e. The van der Waals surface area contributed by atoms with Crippen LogP contribution in [-0.4, -0.2) is 11.6 Å². The lowest BCUT2D eigenvalue weighted by Gasteiger charge is -2.39. The summed E-state index contributed by atoms with van der Waals surface area (Å²) in [4.78, 5) is 12.0. The van der Waals surface area contributed by atoms with E-state index in [4.69, 9.17) is 4.74 Å². The van der Waals surface area contributed by atoms with Crippen LogP contribution in [-0.2, 0) is 9.53 Å². The highest BCUT2D eigenvalue weighted by Crippen LogP contribution is 2.53. The van der Waals surface area contributed by atoms with Crippen LogP contribution in [0.4, 0.5) is 0 Å². The monoisotopic (exact) mass is 252 g/mol. The maximum Gasteiger partial charge on any atom is 0.333 e. The molecule has 3 atom stereocenters. The Kier molecular flexibility index (Phi) is 4.30. The summed E-state index contributed by atoms with van der Waals surface area (Å²) >= 11 is 0. The smallest absolute Gasteiger partial charge is 0.333 e. The van der Waals surface area contributed by atoms with Gasteiger partial charge in [-0.25, -0.2) is 4.79 Å². The minimum absolute atomic E-state index is 0.236. The lowest BCUT2D eigenvalue weighted by Crippen LogP contribution is -2.44. The number of rotatable bonds is 4. The molecule has 0 aromatic heterocycles. The standard InChI is InChI=1S/C16H28O2/c1-8-12(4)16(18-14(17)11(2)3)10-15(6,7)9-13(16)5/h12-13H,2,8-10H2,1,3-7H3. The second kappa shape index (κ2) is 5.07. The lowest BCUT2D eigenvalue weighted by molar-refractivity contribution is -0.166. The van der Waals surface area contributed by atoms with Gasteiger partial charge in [0.15, 0.2) is 0 Å². The average Bonchev–Trinajstić information content (AvgIpc) is 2.47. The van der Waals surface area contributed by atoms with Crippen LogP contribution < -0.4 is 0 Å². The van der Waals surface area contributed by atoms with Crippen LogP contribution in [0.5, 0.6) is 0 Å². The summed E-state index contributed by atoms with van der Waals surface area (Å²) in [5.74, 6) is 0.558. The van der Waals surface area contributed by atoms with Crippen molar-refractivity contribution >= 4 is 5.97 Å². The summed E-state index contributed by atoms with van der Waals surface area (Å²) in [6.45, 7) is 16.5. The van der Waals surface area contributed by atoms with Gasteiger partial charge in [0.2, 0.25) is 0 Å². The fourth-order valence-corrected chi connectivity index (χ4v) is 3.50. The maximum atomic E-state index is 12.0. The highest BCUT2D eigenvalue weighted by atomic mass is 16.6. The number of hydrogen-bond donors (Lipinski definition) is 0. The molecule has 1 saturated carbocycles. The molecule has 0 saturated heterocycles. The Balaban J connectivity index is 3.05. The van der Waals surface area contributed by atoms with Crippen molar-refractivity contribution in [2.24, 2.45) is 17.3 Å². The average molecular weight is 252 g/mol. The number of ether oxygens (including phenoxy) is 1. The fourth-order valence-electron chi connectivity index (χ4n) is 3.50. The summed E-state index contributed by atoms with van der Waals surface area (Å²) in [5.41, 5.74) is 0.432. The van der Waals surface area contributed by atoms with Crippen LogP contribution in [0, 0.1) is 17.3 Å². The van der Waals surface area contributed by atoms with Crippen molar-refractivity contribution < 1.29 is 9.53 Å². The largest absolute Gasteiger partial charge is 0.455 e. The molecule has 104 valence electrons. The molecule has 0 radical (unpaired) electrons. The van der Waals surface area contributed by atoms with E-state index in [-0.39, 0.29) is 17.0 Å². The van der Waals surface area contributed by atoms with Crippen molar-refractivity contribution in [3.05, 3.63) is 12.2 Å². The molecule has 2 heteroatoms. The molecule has 0 N–H and O–H groups in total. The number of esters is 1. The third-order valence-electron chi connectivity index (χ3n) is 4.53. The van der Waals surface area contributed by atoms with Gasteiger partial charge in [-0.2, -0.15) is 0 Å². The van der Waals surface area contributed by atoms with Gasteiger partial charge in [-0.1, -0.05) is 41.2 Å². The molecule has 1 aliphatic carbocycles. The Hall–Kier alpha value is -0.790. The predicted molar refractivity (Wildman–Crippen MR) is 75.3 cm³/mol. The molecule has 0 bridgehead atoms. The van der Waals surface area contributed by atoms with Gasteiger partial charge in [-0.15, -0.1) is 0 Å². The molecule has 0 amide bonds. The van der Waals surface area contributed by atoms with Gasteiger partial charge in [0.05, 0.1) is 0 Å². The lowest BCUT2D eigenvalue weighted by atomic mass is 9.78. The third-order valence-corrected chi connectivity index (χ3v) is 4.53. The minimum atomic E-state index is -0.311. The maximum absolute atomic E-state index is 12.0. The molecule has 0 spiro atoms. The van der Waals surface area contributed by atoms with Crippen LogP contribution in [0.3, 0.4) is 0 Å². The molecule has 2 nitrogen and oxygen atoms in total. The van der Waals surface area contributed by atoms with E-state index in [1.54, 1.807) is 6.92 Å². The second-order valence-corrected chi connectivity index (χ2v) is 6.88. The van der Waals surface area contributed by atoms with E-state index >= 15 is 0 Å². The molecular formula is C16H28O2. The van der Waals surface area contributed by atoms with E-state index < -0.39 is 0 Å². The first-order chi connectivity index (χ1) is 8.14. The van der Waals surface area contributed by atoms with Crippen molar-refractivity contribution in [3.8, 4) is 0 Å². The number of carbonyl (C=O) groups excluding carboxylic acids is 1. The molecule has 0 heterocycles. The predicted octanol–water partition coefficient (Wildman–Crippen LogP) is 4.35. The van der Waals surface area contributed by atoms with E-state index in [0.29, 0.717) is 17.4 Å². The first-order valence-electron chi connectivity index (χ1n) is 7.03. The summed E-state index contributed by atoms with van der Waals surface area (Å²) < 4.78 is 5.92.